The van der Waals surface area contributed by atoms with Crippen molar-refractivity contribution in [1.29, 1.82) is 0 Å². The van der Waals surface area contributed by atoms with Crippen LogP contribution in [0.15, 0.2) is 42.7 Å². The average Bonchev–Trinajstić information content (AvgIpc) is 2.75. The summed E-state index contributed by atoms with van der Waals surface area (Å²) in [5.74, 6) is 2.71. The van der Waals surface area contributed by atoms with Crippen molar-refractivity contribution in [2.45, 2.75) is 57.9 Å². The fourth-order valence-electron chi connectivity index (χ4n) is 7.60. The maximum absolute atomic E-state index is 13.2. The number of rotatable bonds is 5. The first-order valence-electron chi connectivity index (χ1n) is 12.2. The number of nitrogens with zero attached hydrogens (tertiary/aromatic N) is 2. The highest BCUT2D eigenvalue weighted by Crippen LogP contribution is 2.61. The molecule has 7 rings (SSSR count). The van der Waals surface area contributed by atoms with E-state index >= 15 is 0 Å². The van der Waals surface area contributed by atoms with Crippen molar-refractivity contribution in [2.24, 2.45) is 23.2 Å². The van der Waals surface area contributed by atoms with Gasteiger partial charge in [0.05, 0.1) is 0 Å². The van der Waals surface area contributed by atoms with Crippen LogP contribution in [0, 0.1) is 23.2 Å². The van der Waals surface area contributed by atoms with Crippen molar-refractivity contribution >= 4 is 17.5 Å². The number of benzene rings is 1. The molecule has 1 aliphatic heterocycles. The van der Waals surface area contributed by atoms with E-state index in [2.05, 4.69) is 10.3 Å². The predicted molar refractivity (Wildman–Crippen MR) is 123 cm³/mol. The van der Waals surface area contributed by atoms with Gasteiger partial charge < -0.3 is 10.2 Å². The quantitative estimate of drug-likeness (QED) is 0.741. The molecule has 0 radical (unpaired) electrons. The van der Waals surface area contributed by atoms with Crippen LogP contribution in [0.4, 0.5) is 5.69 Å². The molecular weight excluding hydrogens is 398 g/mol. The molecule has 4 aliphatic carbocycles. The number of aromatic nitrogens is 1. The number of anilines is 1. The summed E-state index contributed by atoms with van der Waals surface area (Å²) < 4.78 is 0. The van der Waals surface area contributed by atoms with Gasteiger partial charge in [0.25, 0.3) is 5.91 Å². The summed E-state index contributed by atoms with van der Waals surface area (Å²) in [6.07, 6.45) is 12.8. The number of hydrogen-bond acceptors (Lipinski definition) is 3. The maximum Gasteiger partial charge on any atom is 0.254 e. The lowest BCUT2D eigenvalue weighted by Crippen LogP contribution is -2.47. The van der Waals surface area contributed by atoms with Crippen LogP contribution in [0.25, 0.3) is 0 Å². The third-order valence-electron chi connectivity index (χ3n) is 8.40. The van der Waals surface area contributed by atoms with Crippen molar-refractivity contribution in [3.05, 3.63) is 59.4 Å². The molecule has 0 saturated heterocycles. The summed E-state index contributed by atoms with van der Waals surface area (Å²) in [6, 6.07) is 9.64. The van der Waals surface area contributed by atoms with Crippen molar-refractivity contribution in [3.63, 3.8) is 0 Å². The number of pyridine rings is 1. The van der Waals surface area contributed by atoms with Crippen LogP contribution in [-0.2, 0) is 17.8 Å². The van der Waals surface area contributed by atoms with Gasteiger partial charge in [-0.25, -0.2) is 0 Å². The zero-order valence-corrected chi connectivity index (χ0v) is 18.6. The molecule has 32 heavy (non-hydrogen) atoms. The molecule has 2 amide bonds. The zero-order chi connectivity index (χ0) is 21.7. The molecule has 2 aromatic rings. The molecule has 4 saturated carbocycles. The molecule has 1 N–H and O–H groups in total. The highest BCUT2D eigenvalue weighted by atomic mass is 16.2. The number of hydrogen-bond donors (Lipinski definition) is 1. The van der Waals surface area contributed by atoms with E-state index in [1.807, 2.05) is 41.4 Å². The minimum absolute atomic E-state index is 0.0345. The third-order valence-corrected chi connectivity index (χ3v) is 8.40. The van der Waals surface area contributed by atoms with Crippen LogP contribution in [-0.4, -0.2) is 28.2 Å². The second-order valence-electron chi connectivity index (χ2n) is 10.8. The van der Waals surface area contributed by atoms with Crippen molar-refractivity contribution in [1.82, 2.24) is 9.88 Å². The van der Waals surface area contributed by atoms with Crippen molar-refractivity contribution in [3.8, 4) is 0 Å². The Labute approximate surface area is 189 Å². The number of amides is 2. The van der Waals surface area contributed by atoms with Crippen LogP contribution in [0.5, 0.6) is 0 Å². The lowest BCUT2D eigenvalue weighted by molar-refractivity contribution is -0.124. The van der Waals surface area contributed by atoms with E-state index in [4.69, 9.17) is 0 Å². The second kappa shape index (κ2) is 7.72. The Bertz CT molecular complexity index is 1010. The molecule has 4 bridgehead atoms. The first-order valence-corrected chi connectivity index (χ1v) is 12.2. The molecule has 166 valence electrons. The zero-order valence-electron chi connectivity index (χ0n) is 18.6. The Kier molecular flexibility index (Phi) is 4.81. The first-order chi connectivity index (χ1) is 15.6. The molecule has 1 aromatic heterocycles. The summed E-state index contributed by atoms with van der Waals surface area (Å²) in [5.41, 5.74) is 3.78. The van der Waals surface area contributed by atoms with E-state index in [9.17, 15) is 9.59 Å². The Morgan fingerprint density at radius 2 is 1.81 bits per heavy atom. The van der Waals surface area contributed by atoms with E-state index in [1.54, 1.807) is 6.20 Å². The second-order valence-corrected chi connectivity index (χ2v) is 10.8. The van der Waals surface area contributed by atoms with Gasteiger partial charge in [-0.15, -0.1) is 0 Å². The molecule has 0 atom stereocenters. The Morgan fingerprint density at radius 1 is 1.06 bits per heavy atom. The van der Waals surface area contributed by atoms with Crippen molar-refractivity contribution in [2.75, 3.05) is 11.9 Å². The largest absolute Gasteiger partial charge is 0.334 e. The number of nitrogens with one attached hydrogen (secondary N) is 1. The third kappa shape index (κ3) is 3.62. The summed E-state index contributed by atoms with van der Waals surface area (Å²) in [4.78, 5) is 32.3. The minimum Gasteiger partial charge on any atom is -0.334 e. The van der Waals surface area contributed by atoms with Gasteiger partial charge in [0.1, 0.15) is 0 Å². The summed E-state index contributed by atoms with van der Waals surface area (Å²) in [6.45, 7) is 1.22. The molecule has 5 nitrogen and oxygen atoms in total. The van der Waals surface area contributed by atoms with Gasteiger partial charge in [0, 0.05) is 43.2 Å². The minimum atomic E-state index is 0.0345. The monoisotopic (exact) mass is 429 g/mol. The Hall–Kier alpha value is -2.69. The number of carbonyl (C=O) groups excluding carboxylic acids is 2. The smallest absolute Gasteiger partial charge is 0.254 e. The highest BCUT2D eigenvalue weighted by Gasteiger charge is 2.51. The molecule has 1 aromatic carbocycles. The van der Waals surface area contributed by atoms with Gasteiger partial charge in [-0.1, -0.05) is 12.1 Å². The van der Waals surface area contributed by atoms with E-state index in [-0.39, 0.29) is 17.2 Å². The molecule has 2 heterocycles. The van der Waals surface area contributed by atoms with Crippen LogP contribution < -0.4 is 5.32 Å². The van der Waals surface area contributed by atoms with Gasteiger partial charge in [0.2, 0.25) is 5.91 Å². The van der Waals surface area contributed by atoms with Gasteiger partial charge in [-0.05, 0) is 97.4 Å². The lowest BCUT2D eigenvalue weighted by atomic mass is 9.49. The van der Waals surface area contributed by atoms with Crippen LogP contribution in [0.3, 0.4) is 0 Å². The van der Waals surface area contributed by atoms with Gasteiger partial charge >= 0.3 is 0 Å². The molecular formula is C27H31N3O2. The Balaban J connectivity index is 1.16. The molecule has 5 heteroatoms. The summed E-state index contributed by atoms with van der Waals surface area (Å²) >= 11 is 0. The fourth-order valence-corrected chi connectivity index (χ4v) is 7.60. The Morgan fingerprint density at radius 3 is 2.50 bits per heavy atom. The normalized spacial score (nSPS) is 30.3. The SMILES string of the molecule is O=C(CC12CC3CC(CC(C3)C1)C2)Nc1cccc2c1CCN(Cc1cccnc1)C2=O. The summed E-state index contributed by atoms with van der Waals surface area (Å²) in [7, 11) is 0. The van der Waals surface area contributed by atoms with Crippen molar-refractivity contribution < 1.29 is 9.59 Å². The summed E-state index contributed by atoms with van der Waals surface area (Å²) in [5, 5.41) is 3.21. The first kappa shape index (κ1) is 20.0. The van der Waals surface area contributed by atoms with Gasteiger partial charge in [-0.2, -0.15) is 0 Å². The molecule has 0 spiro atoms. The van der Waals surface area contributed by atoms with Gasteiger partial charge in [0.15, 0.2) is 0 Å². The predicted octanol–water partition coefficient (Wildman–Crippen LogP) is 4.83. The van der Waals surface area contributed by atoms with E-state index in [0.29, 0.717) is 25.1 Å². The van der Waals surface area contributed by atoms with E-state index in [1.165, 1.54) is 38.5 Å². The molecule has 0 unspecified atom stereocenters. The lowest BCUT2D eigenvalue weighted by Gasteiger charge is -2.56. The number of fused-ring (bicyclic) bond motifs is 1. The molecule has 4 fully saturated rings. The fraction of sp³-hybridized carbons (Fsp3) is 0.519. The molecule has 5 aliphatic rings. The standard InChI is InChI=1S/C27H31N3O2/c31-25(15-27-12-19-9-20(13-27)11-21(10-19)14-27)29-24-5-1-4-23-22(24)6-8-30(26(23)32)17-18-3-2-7-28-16-18/h1-5,7,16,19-21H,6,8-15,17H2,(H,29,31). The highest BCUT2D eigenvalue weighted by molar-refractivity contribution is 6.00. The van der Waals surface area contributed by atoms with Crippen LogP contribution >= 0.6 is 0 Å². The van der Waals surface area contributed by atoms with Crippen LogP contribution in [0.2, 0.25) is 0 Å². The van der Waals surface area contributed by atoms with E-state index < -0.39 is 0 Å². The number of carbonyl (C=O) groups is 2. The topological polar surface area (TPSA) is 62.3 Å². The van der Waals surface area contributed by atoms with Gasteiger partial charge in [-0.3, -0.25) is 14.6 Å². The average molecular weight is 430 g/mol. The van der Waals surface area contributed by atoms with Crippen LogP contribution in [0.1, 0.15) is 66.4 Å². The maximum atomic E-state index is 13.2. The van der Waals surface area contributed by atoms with E-state index in [0.717, 1.165) is 41.0 Å².